The first-order chi connectivity index (χ1) is 32.9. The average Bonchev–Trinajstić information content (AvgIpc) is 4.21. The molecule has 2 aromatic heterocycles. The first-order valence-corrected chi connectivity index (χ1v) is 23.9. The Labute approximate surface area is 396 Å². The van der Waals surface area contributed by atoms with Gasteiger partial charge in [0, 0.05) is 50.4 Å². The van der Waals surface area contributed by atoms with E-state index >= 15 is 0 Å². The second kappa shape index (κ2) is 18.0. The maximum atomic E-state index is 13.8. The highest BCUT2D eigenvalue weighted by molar-refractivity contribution is 6.06. The van der Waals surface area contributed by atoms with Gasteiger partial charge in [-0.05, 0) is 114 Å². The summed E-state index contributed by atoms with van der Waals surface area (Å²) in [4.78, 5) is 72.0. The van der Waals surface area contributed by atoms with Crippen LogP contribution in [0.4, 0.5) is 22.7 Å². The summed E-state index contributed by atoms with van der Waals surface area (Å²) in [6.45, 7) is 8.15. The average molecular weight is 915 g/mol. The van der Waals surface area contributed by atoms with Gasteiger partial charge in [-0.3, -0.25) is 19.2 Å². The molecule has 2 fully saturated rings. The Hall–Kier alpha value is -7.36. The number of likely N-dealkylation sites (N-methyl/N-ethyl adjacent to an activating group) is 2. The summed E-state index contributed by atoms with van der Waals surface area (Å²) >= 11 is 0. The first-order valence-electron chi connectivity index (χ1n) is 23.9. The molecule has 16 nitrogen and oxygen atoms in total. The Morgan fingerprint density at radius 2 is 0.912 bits per heavy atom. The number of fused-ring (bicyclic) bond motifs is 2. The van der Waals surface area contributed by atoms with Crippen LogP contribution in [-0.2, 0) is 9.59 Å². The van der Waals surface area contributed by atoms with Crippen molar-refractivity contribution in [1.29, 1.82) is 0 Å². The second-order valence-electron chi connectivity index (χ2n) is 18.8. The molecule has 2 atom stereocenters. The molecule has 2 saturated carbocycles. The molecular weight excluding hydrogens is 857 g/mol. The lowest BCUT2D eigenvalue weighted by molar-refractivity contribution is -0.120. The van der Waals surface area contributed by atoms with Crippen LogP contribution in [0.15, 0.2) is 84.9 Å². The van der Waals surface area contributed by atoms with E-state index in [1.54, 1.807) is 19.2 Å². The molecule has 10 rings (SSSR count). The van der Waals surface area contributed by atoms with Crippen molar-refractivity contribution in [2.75, 3.05) is 46.8 Å². The van der Waals surface area contributed by atoms with E-state index in [-0.39, 0.29) is 60.7 Å². The van der Waals surface area contributed by atoms with E-state index in [1.807, 2.05) is 115 Å². The quantitative estimate of drug-likeness (QED) is 0.127. The number of rotatable bonds is 11. The summed E-state index contributed by atoms with van der Waals surface area (Å²) in [5.74, 6) is 0.0474. The lowest BCUT2D eigenvalue weighted by atomic mass is 10.0. The van der Waals surface area contributed by atoms with E-state index in [9.17, 15) is 19.2 Å². The first kappa shape index (κ1) is 44.5. The highest BCUT2D eigenvalue weighted by Gasteiger charge is 2.40. The van der Waals surface area contributed by atoms with E-state index < -0.39 is 11.8 Å². The molecule has 4 aliphatic rings. The molecule has 4 amide bonds. The van der Waals surface area contributed by atoms with Crippen molar-refractivity contribution in [2.45, 2.75) is 103 Å². The number of hydrogen-bond acceptors (Lipinski definition) is 10. The van der Waals surface area contributed by atoms with Gasteiger partial charge in [0.25, 0.3) is 11.8 Å². The van der Waals surface area contributed by atoms with Crippen LogP contribution in [0.1, 0.15) is 97.6 Å². The fraction of sp³-hybridized carbons (Fsp3) is 0.385. The van der Waals surface area contributed by atoms with Gasteiger partial charge in [0.05, 0.1) is 34.1 Å². The highest BCUT2D eigenvalue weighted by Crippen LogP contribution is 2.44. The van der Waals surface area contributed by atoms with Crippen LogP contribution in [0.2, 0.25) is 0 Å². The van der Waals surface area contributed by atoms with E-state index in [0.29, 0.717) is 11.6 Å². The maximum Gasteiger partial charge on any atom is 0.291 e. The van der Waals surface area contributed by atoms with E-state index in [1.165, 1.54) is 0 Å². The Kier molecular flexibility index (Phi) is 11.8. The van der Waals surface area contributed by atoms with Crippen LogP contribution in [0.3, 0.4) is 0 Å². The summed E-state index contributed by atoms with van der Waals surface area (Å²) in [6, 6.07) is 27.5. The minimum atomic E-state index is -0.499. The van der Waals surface area contributed by atoms with E-state index in [2.05, 4.69) is 32.6 Å². The van der Waals surface area contributed by atoms with Crippen LogP contribution in [0.5, 0.6) is 0 Å². The van der Waals surface area contributed by atoms with Crippen LogP contribution < -0.4 is 30.2 Å². The summed E-state index contributed by atoms with van der Waals surface area (Å²) in [6.07, 6.45) is 8.63. The number of carbonyl (C=O) groups excluding carboxylic acids is 4. The molecule has 4 aromatic carbocycles. The number of hydrogen-bond donors (Lipinski definition) is 2. The van der Waals surface area contributed by atoms with Gasteiger partial charge in [-0.2, -0.15) is 0 Å². The zero-order chi connectivity index (χ0) is 47.4. The Morgan fingerprint density at radius 1 is 0.544 bits per heavy atom. The molecule has 2 aliphatic heterocycles. The Balaban J connectivity index is 0.888. The van der Waals surface area contributed by atoms with Gasteiger partial charge in [-0.25, -0.2) is 19.3 Å². The molecule has 0 spiro atoms. The Morgan fingerprint density at radius 3 is 1.28 bits per heavy atom. The molecule has 68 heavy (non-hydrogen) atoms. The molecule has 4 heterocycles. The lowest BCUT2D eigenvalue weighted by Crippen LogP contribution is -2.54. The molecule has 16 heteroatoms. The fourth-order valence-corrected chi connectivity index (χ4v) is 10.6. The van der Waals surface area contributed by atoms with Crippen molar-refractivity contribution >= 4 is 46.4 Å². The van der Waals surface area contributed by atoms with Crippen LogP contribution in [0, 0.1) is 13.8 Å². The molecule has 2 aliphatic carbocycles. The van der Waals surface area contributed by atoms with Crippen molar-refractivity contribution in [3.8, 4) is 34.2 Å². The van der Waals surface area contributed by atoms with Gasteiger partial charge >= 0.3 is 0 Å². The summed E-state index contributed by atoms with van der Waals surface area (Å²) in [7, 11) is 3.64. The number of aryl methyl sites for hydroxylation is 2. The van der Waals surface area contributed by atoms with Crippen molar-refractivity contribution in [3.05, 3.63) is 108 Å². The number of anilines is 4. The third-order valence-electron chi connectivity index (χ3n) is 14.3. The van der Waals surface area contributed by atoms with Gasteiger partial charge in [0.15, 0.2) is 11.6 Å². The monoisotopic (exact) mass is 914 g/mol. The Bertz CT molecular complexity index is 2710. The van der Waals surface area contributed by atoms with Gasteiger partial charge in [0.2, 0.25) is 23.5 Å². The molecular formula is C52H58N12O4. The predicted octanol–water partition coefficient (Wildman–Crippen LogP) is 7.19. The van der Waals surface area contributed by atoms with Gasteiger partial charge < -0.3 is 30.2 Å². The van der Waals surface area contributed by atoms with Crippen LogP contribution >= 0.6 is 0 Å². The number of aromatic nitrogens is 6. The van der Waals surface area contributed by atoms with Crippen molar-refractivity contribution < 1.29 is 19.2 Å². The number of amides is 4. The second-order valence-corrected chi connectivity index (χ2v) is 18.8. The molecule has 0 saturated heterocycles. The van der Waals surface area contributed by atoms with Crippen LogP contribution in [-0.4, -0.2) is 105 Å². The largest absolute Gasteiger partial charge is 0.355 e. The zero-order valence-electron chi connectivity index (χ0n) is 39.6. The van der Waals surface area contributed by atoms with Gasteiger partial charge in [0.1, 0.15) is 12.1 Å². The zero-order valence-corrected chi connectivity index (χ0v) is 39.6. The number of nitrogens with zero attached hydrogens (tertiary/aromatic N) is 10. The topological polar surface area (TPSA) is 167 Å². The molecule has 0 unspecified atom stereocenters. The SMILES string of the molecule is Cc1ccc(-n2nc(C(=O)NCCNC(=O)c3nc(-c4ccc5c(c4)N(C4CCCC4)[C@H](C)C(=O)N5C)n(-c4ccc(C)cc4)n3)nc2-c2ccc3c(c2)N(C2CCCC2)[C@H](C)C(=O)N3C)cc1. The van der Waals surface area contributed by atoms with Gasteiger partial charge in [-0.15, -0.1) is 10.2 Å². The number of benzene rings is 4. The number of carbonyl (C=O) groups is 4. The smallest absolute Gasteiger partial charge is 0.291 e. The summed E-state index contributed by atoms with van der Waals surface area (Å²) in [5.41, 5.74) is 8.76. The fourth-order valence-electron chi connectivity index (χ4n) is 10.6. The normalized spacial score (nSPS) is 18.6. The maximum absolute atomic E-state index is 13.8. The van der Waals surface area contributed by atoms with E-state index in [0.717, 1.165) is 108 Å². The molecule has 0 radical (unpaired) electrons. The molecule has 2 N–H and O–H groups in total. The standard InChI is InChI=1S/C52H58N12O4/c1-31-15-21-39(22-16-31)63-47(35-19-25-41-43(29-35)61(37-11-7-8-12-37)33(3)51(67)59(41)5)55-45(57-63)49(65)53-27-28-54-50(66)46-56-48(64(58-46)40-23-17-32(2)18-24-40)36-20-26-42-44(30-36)62(38-13-9-10-14-38)34(4)52(68)60(42)6/h15-26,29-30,33-34,37-38H,7-14,27-28H2,1-6H3,(H,53,65)(H,54,66)/t33-,34-/m1/s1. The minimum Gasteiger partial charge on any atom is -0.355 e. The highest BCUT2D eigenvalue weighted by atomic mass is 16.2. The van der Waals surface area contributed by atoms with E-state index in [4.69, 9.17) is 20.2 Å². The van der Waals surface area contributed by atoms with Gasteiger partial charge in [-0.1, -0.05) is 61.1 Å². The molecule has 350 valence electrons. The number of nitrogens with one attached hydrogen (secondary N) is 2. The molecule has 6 aromatic rings. The third kappa shape index (κ3) is 8.04. The van der Waals surface area contributed by atoms with Crippen molar-refractivity contribution in [2.24, 2.45) is 0 Å². The van der Waals surface area contributed by atoms with Crippen molar-refractivity contribution in [3.63, 3.8) is 0 Å². The predicted molar refractivity (Wildman–Crippen MR) is 263 cm³/mol. The lowest BCUT2D eigenvalue weighted by Gasteiger charge is -2.43. The summed E-state index contributed by atoms with van der Waals surface area (Å²) < 4.78 is 3.36. The summed E-state index contributed by atoms with van der Waals surface area (Å²) in [5, 5.41) is 15.2. The third-order valence-corrected chi connectivity index (χ3v) is 14.3. The minimum absolute atomic E-state index is 0.0254. The molecule has 0 bridgehead atoms. The van der Waals surface area contributed by atoms with Crippen molar-refractivity contribution in [1.82, 2.24) is 40.2 Å². The van der Waals surface area contributed by atoms with Crippen LogP contribution in [0.25, 0.3) is 34.2 Å².